The summed E-state index contributed by atoms with van der Waals surface area (Å²) in [4.78, 5) is 40.1. The minimum atomic E-state index is -0.326. The molecule has 0 unspecified atom stereocenters. The minimum absolute atomic E-state index is 0.0486. The van der Waals surface area contributed by atoms with Crippen molar-refractivity contribution in [1.82, 2.24) is 9.55 Å². The first-order valence-electron chi connectivity index (χ1n) is 9.87. The molecule has 160 valence electrons. The maximum Gasteiger partial charge on any atom is 0.262 e. The maximum absolute atomic E-state index is 12.7. The van der Waals surface area contributed by atoms with Gasteiger partial charge in [-0.25, -0.2) is 0 Å². The van der Waals surface area contributed by atoms with E-state index in [0.717, 1.165) is 0 Å². The molecule has 3 aromatic rings. The fourth-order valence-electron chi connectivity index (χ4n) is 3.11. The van der Waals surface area contributed by atoms with Gasteiger partial charge in [-0.3, -0.25) is 19.0 Å². The summed E-state index contributed by atoms with van der Waals surface area (Å²) >= 11 is 5.24. The van der Waals surface area contributed by atoms with Crippen molar-refractivity contribution in [3.8, 4) is 0 Å². The average Bonchev–Trinajstić information content (AvgIpc) is 2.71. The van der Waals surface area contributed by atoms with Gasteiger partial charge in [0.25, 0.3) is 11.5 Å². The molecule has 3 rings (SSSR count). The SMILES string of the molecule is C=CCn1c(=S)[nH]c2cc(C(=O)Nc3ccc(NC(=O)CC(C)C)cc3)ccc2c1=O. The van der Waals surface area contributed by atoms with E-state index in [1.54, 1.807) is 48.5 Å². The monoisotopic (exact) mass is 436 g/mol. The van der Waals surface area contributed by atoms with Crippen molar-refractivity contribution in [3.63, 3.8) is 0 Å². The summed E-state index contributed by atoms with van der Waals surface area (Å²) in [6, 6.07) is 11.7. The van der Waals surface area contributed by atoms with Crippen LogP contribution in [0.2, 0.25) is 0 Å². The lowest BCUT2D eigenvalue weighted by Crippen LogP contribution is -2.22. The number of anilines is 2. The number of fused-ring (bicyclic) bond motifs is 1. The van der Waals surface area contributed by atoms with Gasteiger partial charge >= 0.3 is 0 Å². The smallest absolute Gasteiger partial charge is 0.262 e. The van der Waals surface area contributed by atoms with Crippen molar-refractivity contribution in [1.29, 1.82) is 0 Å². The number of allylic oxidation sites excluding steroid dienone is 1. The second kappa shape index (κ2) is 9.53. The Balaban J connectivity index is 1.76. The van der Waals surface area contributed by atoms with E-state index in [1.807, 2.05) is 13.8 Å². The lowest BCUT2D eigenvalue weighted by Gasteiger charge is -2.10. The molecule has 0 saturated carbocycles. The van der Waals surface area contributed by atoms with Crippen molar-refractivity contribution < 1.29 is 9.59 Å². The molecule has 31 heavy (non-hydrogen) atoms. The third kappa shape index (κ3) is 5.35. The largest absolute Gasteiger partial charge is 0.332 e. The molecular formula is C23H24N4O3S. The van der Waals surface area contributed by atoms with E-state index in [2.05, 4.69) is 22.2 Å². The molecule has 0 aliphatic heterocycles. The first kappa shape index (κ1) is 22.2. The highest BCUT2D eigenvalue weighted by Crippen LogP contribution is 2.17. The van der Waals surface area contributed by atoms with Crippen molar-refractivity contribution in [3.05, 3.63) is 75.8 Å². The van der Waals surface area contributed by atoms with Crippen LogP contribution in [-0.2, 0) is 11.3 Å². The topological polar surface area (TPSA) is 96.0 Å². The summed E-state index contributed by atoms with van der Waals surface area (Å²) in [5, 5.41) is 6.07. The quantitative estimate of drug-likeness (QED) is 0.376. The summed E-state index contributed by atoms with van der Waals surface area (Å²) in [6.07, 6.45) is 2.04. The predicted octanol–water partition coefficient (Wildman–Crippen LogP) is 4.48. The summed E-state index contributed by atoms with van der Waals surface area (Å²) < 4.78 is 1.68. The number of carbonyl (C=O) groups is 2. The standard InChI is InChI=1S/C23H24N4O3S/c1-4-11-27-22(30)18-10-5-15(13-19(18)26-23(27)31)21(29)25-17-8-6-16(7-9-17)24-20(28)12-14(2)3/h4-10,13-14H,1,11-12H2,2-3H3,(H,24,28)(H,25,29)(H,26,31). The number of amides is 2. The van der Waals surface area contributed by atoms with Crippen LogP contribution in [0.15, 0.2) is 59.9 Å². The molecule has 8 heteroatoms. The van der Waals surface area contributed by atoms with Crippen molar-refractivity contribution in [2.45, 2.75) is 26.8 Å². The molecule has 0 fully saturated rings. The van der Waals surface area contributed by atoms with E-state index in [0.29, 0.717) is 40.8 Å². The van der Waals surface area contributed by atoms with Crippen LogP contribution in [0.5, 0.6) is 0 Å². The van der Waals surface area contributed by atoms with E-state index in [9.17, 15) is 14.4 Å². The molecule has 0 spiro atoms. The Bertz CT molecular complexity index is 1260. The van der Waals surface area contributed by atoms with Crippen LogP contribution in [-0.4, -0.2) is 21.4 Å². The van der Waals surface area contributed by atoms with Crippen LogP contribution in [0, 0.1) is 10.7 Å². The number of carbonyl (C=O) groups excluding carboxylic acids is 2. The number of aromatic amines is 1. The zero-order chi connectivity index (χ0) is 22.5. The normalized spacial score (nSPS) is 10.8. The van der Waals surface area contributed by atoms with Gasteiger partial charge < -0.3 is 15.6 Å². The lowest BCUT2D eigenvalue weighted by atomic mass is 10.1. The number of H-pyrrole nitrogens is 1. The second-order valence-electron chi connectivity index (χ2n) is 7.57. The highest BCUT2D eigenvalue weighted by Gasteiger charge is 2.11. The molecule has 1 heterocycles. The van der Waals surface area contributed by atoms with Gasteiger partial charge in [0.05, 0.1) is 10.9 Å². The third-order valence-corrected chi connectivity index (χ3v) is 4.90. The lowest BCUT2D eigenvalue weighted by molar-refractivity contribution is -0.116. The fourth-order valence-corrected chi connectivity index (χ4v) is 3.38. The number of hydrogen-bond acceptors (Lipinski definition) is 4. The molecule has 0 saturated heterocycles. The van der Waals surface area contributed by atoms with Crippen LogP contribution >= 0.6 is 12.2 Å². The number of nitrogens with one attached hydrogen (secondary N) is 3. The summed E-state index contributed by atoms with van der Waals surface area (Å²) in [6.45, 7) is 7.90. The van der Waals surface area contributed by atoms with Gasteiger partial charge in [0.2, 0.25) is 5.91 Å². The zero-order valence-corrected chi connectivity index (χ0v) is 18.2. The van der Waals surface area contributed by atoms with Crippen molar-refractivity contribution in [2.75, 3.05) is 10.6 Å². The molecule has 7 nitrogen and oxygen atoms in total. The number of benzene rings is 2. The Morgan fingerprint density at radius 2 is 1.77 bits per heavy atom. The number of hydrogen-bond donors (Lipinski definition) is 3. The van der Waals surface area contributed by atoms with Crippen LogP contribution in [0.25, 0.3) is 10.9 Å². The molecule has 0 aliphatic carbocycles. The Morgan fingerprint density at radius 3 is 2.39 bits per heavy atom. The molecule has 2 amide bonds. The van der Waals surface area contributed by atoms with Gasteiger partial charge in [-0.15, -0.1) is 6.58 Å². The Labute approximate surface area is 184 Å². The number of aromatic nitrogens is 2. The third-order valence-electron chi connectivity index (χ3n) is 4.58. The maximum atomic E-state index is 12.7. The molecule has 0 aliphatic rings. The first-order chi connectivity index (χ1) is 14.8. The predicted molar refractivity (Wildman–Crippen MR) is 126 cm³/mol. The highest BCUT2D eigenvalue weighted by atomic mass is 32.1. The van der Waals surface area contributed by atoms with Gasteiger partial charge in [0, 0.05) is 29.9 Å². The summed E-state index contributed by atoms with van der Waals surface area (Å²) in [5.41, 5.74) is 1.89. The van der Waals surface area contributed by atoms with E-state index in [-0.39, 0.29) is 28.1 Å². The molecular weight excluding hydrogens is 412 g/mol. The van der Waals surface area contributed by atoms with E-state index < -0.39 is 0 Å². The Hall–Kier alpha value is -3.52. The van der Waals surface area contributed by atoms with Crippen LogP contribution in [0.4, 0.5) is 11.4 Å². The molecule has 0 bridgehead atoms. The second-order valence-corrected chi connectivity index (χ2v) is 7.96. The van der Waals surface area contributed by atoms with E-state index in [4.69, 9.17) is 12.2 Å². The molecule has 0 radical (unpaired) electrons. The molecule has 3 N–H and O–H groups in total. The Kier molecular flexibility index (Phi) is 6.81. The highest BCUT2D eigenvalue weighted by molar-refractivity contribution is 7.71. The van der Waals surface area contributed by atoms with Gasteiger partial charge in [0.15, 0.2) is 4.77 Å². The van der Waals surface area contributed by atoms with Crippen LogP contribution < -0.4 is 16.2 Å². The first-order valence-corrected chi connectivity index (χ1v) is 10.3. The Morgan fingerprint density at radius 1 is 1.13 bits per heavy atom. The molecule has 2 aromatic carbocycles. The van der Waals surface area contributed by atoms with Crippen molar-refractivity contribution in [2.24, 2.45) is 5.92 Å². The van der Waals surface area contributed by atoms with E-state index >= 15 is 0 Å². The minimum Gasteiger partial charge on any atom is -0.332 e. The van der Waals surface area contributed by atoms with Gasteiger partial charge in [-0.05, 0) is 60.6 Å². The van der Waals surface area contributed by atoms with Gasteiger partial charge in [-0.1, -0.05) is 19.9 Å². The summed E-state index contributed by atoms with van der Waals surface area (Å²) in [5.74, 6) is -0.0973. The number of rotatable bonds is 7. The van der Waals surface area contributed by atoms with Gasteiger partial charge in [-0.2, -0.15) is 0 Å². The zero-order valence-electron chi connectivity index (χ0n) is 17.4. The van der Waals surface area contributed by atoms with Gasteiger partial charge in [0.1, 0.15) is 0 Å². The molecule has 0 atom stereocenters. The average molecular weight is 437 g/mol. The fraction of sp³-hybridized carbons (Fsp3) is 0.217. The summed E-state index contributed by atoms with van der Waals surface area (Å²) in [7, 11) is 0. The van der Waals surface area contributed by atoms with E-state index in [1.165, 1.54) is 4.57 Å². The van der Waals surface area contributed by atoms with Crippen molar-refractivity contribution >= 4 is 46.3 Å². The number of nitrogens with zero attached hydrogens (tertiary/aromatic N) is 1. The van der Waals surface area contributed by atoms with Crippen LogP contribution in [0.1, 0.15) is 30.6 Å². The van der Waals surface area contributed by atoms with Crippen LogP contribution in [0.3, 0.4) is 0 Å². The molecule has 1 aromatic heterocycles.